The maximum Gasteiger partial charge on any atom is 0.411 e. The van der Waals surface area contributed by atoms with Gasteiger partial charge in [0, 0.05) is 37.3 Å². The summed E-state index contributed by atoms with van der Waals surface area (Å²) in [6.45, 7) is 14.9. The first-order valence-electron chi connectivity index (χ1n) is 17.4. The molecule has 0 aliphatic heterocycles. The van der Waals surface area contributed by atoms with E-state index in [1.807, 2.05) is 12.1 Å². The Labute approximate surface area is 283 Å². The van der Waals surface area contributed by atoms with Crippen molar-refractivity contribution in [3.05, 3.63) is 54.6 Å². The van der Waals surface area contributed by atoms with Crippen LogP contribution in [0, 0.1) is 51.2 Å². The molecule has 4 saturated carbocycles. The zero-order valence-electron chi connectivity index (χ0n) is 29.0. The Hall–Kier alpha value is -3.75. The van der Waals surface area contributed by atoms with E-state index in [-0.39, 0.29) is 40.1 Å². The number of rotatable bonds is 9. The van der Waals surface area contributed by atoms with Gasteiger partial charge in [0.25, 0.3) is 0 Å². The monoisotopic (exact) mass is 659 g/mol. The van der Waals surface area contributed by atoms with Crippen LogP contribution in [-0.4, -0.2) is 48.4 Å². The van der Waals surface area contributed by atoms with E-state index in [2.05, 4.69) is 38.7 Å². The fourth-order valence-electron chi connectivity index (χ4n) is 11.1. The highest BCUT2D eigenvalue weighted by atomic mass is 16.6. The number of fused-ring (bicyclic) bond motifs is 2. The topological polar surface area (TPSA) is 125 Å². The minimum absolute atomic E-state index is 0.00419. The summed E-state index contributed by atoms with van der Waals surface area (Å²) in [6.07, 6.45) is 6.71. The molecule has 5 aliphatic carbocycles. The van der Waals surface area contributed by atoms with Gasteiger partial charge >= 0.3 is 18.0 Å². The van der Waals surface area contributed by atoms with E-state index in [4.69, 9.17) is 14.2 Å². The number of ketones is 2. The number of amides is 1. The van der Waals surface area contributed by atoms with Gasteiger partial charge in [-0.3, -0.25) is 24.5 Å². The van der Waals surface area contributed by atoms with Crippen molar-refractivity contribution in [2.45, 2.75) is 92.3 Å². The zero-order chi connectivity index (χ0) is 34.8. The first kappa shape index (κ1) is 34.1. The number of para-hydroxylation sites is 1. The summed E-state index contributed by atoms with van der Waals surface area (Å²) >= 11 is 0. The highest BCUT2D eigenvalue weighted by molar-refractivity contribution is 6.00. The number of carbonyl (C=O) groups excluding carboxylic acids is 5. The minimum atomic E-state index is -1.22. The van der Waals surface area contributed by atoms with Gasteiger partial charge in [-0.25, -0.2) is 4.79 Å². The fourth-order valence-corrected chi connectivity index (χ4v) is 11.1. The number of Topliss-reactive ketones (excluding diaryl/α,β-unsaturated/α-hetero) is 1. The van der Waals surface area contributed by atoms with E-state index in [1.165, 1.54) is 13.8 Å². The molecule has 9 nitrogen and oxygen atoms in total. The van der Waals surface area contributed by atoms with Crippen LogP contribution in [0.25, 0.3) is 0 Å². The molecule has 0 heterocycles. The lowest BCUT2D eigenvalue weighted by atomic mass is 9.43. The van der Waals surface area contributed by atoms with E-state index < -0.39 is 53.3 Å². The second kappa shape index (κ2) is 12.0. The Morgan fingerprint density at radius 2 is 1.73 bits per heavy atom. The van der Waals surface area contributed by atoms with E-state index >= 15 is 0 Å². The van der Waals surface area contributed by atoms with Crippen LogP contribution in [-0.2, 0) is 33.4 Å². The smallest absolute Gasteiger partial charge is 0.411 e. The predicted octanol–water partition coefficient (Wildman–Crippen LogP) is 6.86. The number of benzene rings is 1. The lowest BCUT2D eigenvalue weighted by Gasteiger charge is -2.60. The number of nitrogens with one attached hydrogen (secondary N) is 1. The lowest BCUT2D eigenvalue weighted by Crippen LogP contribution is -2.57. The molecule has 6 rings (SSSR count). The van der Waals surface area contributed by atoms with E-state index in [0.29, 0.717) is 23.9 Å². The standard InChI is InChI=1S/C39H49NO8/c1-22(20-46-35(45)40-27-11-9-8-10-12-27)23(2)33(44)34(48-26(5)42)32-30(47-25(4)41)19-37(7)31-14-13-28-24(3)29(43)15-16-38(28)21-39(31,38)18-17-36(32,37)6/h8-12,15-16,22,24,28,30-32,34H,2,13-14,17-21H2,1,3-7H3,(H,40,45)/t22-,24-,28-,30-,31-,32?,34+,36+,37-,38+,39-/m0/s1. The maximum atomic E-state index is 14.4. The molecule has 0 radical (unpaired) electrons. The average molecular weight is 660 g/mol. The van der Waals surface area contributed by atoms with Gasteiger partial charge in [0.1, 0.15) is 6.10 Å². The van der Waals surface area contributed by atoms with Crippen molar-refractivity contribution in [1.29, 1.82) is 0 Å². The van der Waals surface area contributed by atoms with Gasteiger partial charge in [-0.2, -0.15) is 0 Å². The molecule has 258 valence electrons. The Morgan fingerprint density at radius 3 is 2.40 bits per heavy atom. The van der Waals surface area contributed by atoms with Gasteiger partial charge in [0.15, 0.2) is 17.7 Å². The molecule has 0 bridgehead atoms. The van der Waals surface area contributed by atoms with Crippen molar-refractivity contribution in [1.82, 2.24) is 0 Å². The van der Waals surface area contributed by atoms with Crippen molar-refractivity contribution >= 4 is 35.3 Å². The Balaban J connectivity index is 1.27. The highest BCUT2D eigenvalue weighted by Crippen LogP contribution is 2.87. The third kappa shape index (κ3) is 5.14. The highest BCUT2D eigenvalue weighted by Gasteiger charge is 2.82. The number of ether oxygens (including phenoxy) is 3. The molecule has 1 unspecified atom stereocenters. The first-order valence-corrected chi connectivity index (χ1v) is 17.4. The molecule has 5 aliphatic rings. The summed E-state index contributed by atoms with van der Waals surface area (Å²) in [5, 5.41) is 2.66. The average Bonchev–Trinajstić information content (AvgIpc) is 3.64. The summed E-state index contributed by atoms with van der Waals surface area (Å²) in [7, 11) is 0. The zero-order valence-corrected chi connectivity index (χ0v) is 29.0. The van der Waals surface area contributed by atoms with Gasteiger partial charge in [0.2, 0.25) is 0 Å². The SMILES string of the molecule is C=C(C(=O)[C@H](OC(C)=O)C1[C@@H](OC(C)=O)C[C@@]2(C)[C@@H]3CC[C@H]4[C@H](C)C(=O)C=C[C@@]45C[C@@]35CC[C@]12C)[C@@H](C)COC(=O)Nc1ccccc1. The molecule has 1 aromatic rings. The number of esters is 2. The van der Waals surface area contributed by atoms with Gasteiger partial charge < -0.3 is 14.2 Å². The summed E-state index contributed by atoms with van der Waals surface area (Å²) < 4.78 is 17.4. The predicted molar refractivity (Wildman–Crippen MR) is 178 cm³/mol. The third-order valence-electron chi connectivity index (χ3n) is 13.6. The van der Waals surface area contributed by atoms with Gasteiger partial charge in [0.05, 0.1) is 6.61 Å². The van der Waals surface area contributed by atoms with Crippen LogP contribution < -0.4 is 5.32 Å². The van der Waals surface area contributed by atoms with Gasteiger partial charge in [-0.1, -0.05) is 58.5 Å². The molecule has 1 amide bonds. The number of hydrogen-bond donors (Lipinski definition) is 1. The van der Waals surface area contributed by atoms with Crippen LogP contribution in [0.15, 0.2) is 54.6 Å². The van der Waals surface area contributed by atoms with Crippen LogP contribution in [0.4, 0.5) is 10.5 Å². The van der Waals surface area contributed by atoms with Crippen molar-refractivity contribution in [3.8, 4) is 0 Å². The third-order valence-corrected chi connectivity index (χ3v) is 13.6. The maximum absolute atomic E-state index is 14.4. The number of anilines is 1. The Bertz CT molecular complexity index is 1570. The molecule has 11 atom stereocenters. The van der Waals surface area contributed by atoms with Crippen LogP contribution in [0.5, 0.6) is 0 Å². The van der Waals surface area contributed by atoms with Gasteiger partial charge in [-0.05, 0) is 95.8 Å². The molecular weight excluding hydrogens is 610 g/mol. The number of allylic oxidation sites excluding steroid dienone is 2. The van der Waals surface area contributed by atoms with E-state index in [9.17, 15) is 24.0 Å². The summed E-state index contributed by atoms with van der Waals surface area (Å²) in [5.74, 6) is -1.82. The fraction of sp³-hybridized carbons (Fsp3) is 0.615. The normalized spacial score (nSPS) is 38.5. The second-order valence-electron chi connectivity index (χ2n) is 15.8. The first-order chi connectivity index (χ1) is 22.6. The van der Waals surface area contributed by atoms with E-state index in [1.54, 1.807) is 31.2 Å². The molecule has 0 saturated heterocycles. The van der Waals surface area contributed by atoms with E-state index in [0.717, 1.165) is 32.1 Å². The molecule has 48 heavy (non-hydrogen) atoms. The van der Waals surface area contributed by atoms with Crippen LogP contribution in [0.1, 0.15) is 80.1 Å². The largest absolute Gasteiger partial charge is 0.462 e. The molecule has 1 aromatic carbocycles. The Kier molecular flexibility index (Phi) is 8.52. The second-order valence-corrected chi connectivity index (χ2v) is 15.8. The molecule has 4 fully saturated rings. The molecule has 2 spiro atoms. The molecule has 1 N–H and O–H groups in total. The van der Waals surface area contributed by atoms with Crippen molar-refractivity contribution in [3.63, 3.8) is 0 Å². The minimum Gasteiger partial charge on any atom is -0.462 e. The summed E-state index contributed by atoms with van der Waals surface area (Å²) in [6, 6.07) is 8.90. The number of carbonyl (C=O) groups is 5. The molecule has 0 aromatic heterocycles. The lowest BCUT2D eigenvalue weighted by molar-refractivity contribution is -0.173. The molecular formula is C39H49NO8. The van der Waals surface area contributed by atoms with Crippen molar-refractivity contribution in [2.75, 3.05) is 11.9 Å². The van der Waals surface area contributed by atoms with Crippen molar-refractivity contribution < 1.29 is 38.2 Å². The Morgan fingerprint density at radius 1 is 1.02 bits per heavy atom. The quantitative estimate of drug-likeness (QED) is 0.173. The van der Waals surface area contributed by atoms with Crippen LogP contribution in [0.2, 0.25) is 0 Å². The van der Waals surface area contributed by atoms with Crippen molar-refractivity contribution in [2.24, 2.45) is 51.2 Å². The van der Waals surface area contributed by atoms with Crippen LogP contribution >= 0.6 is 0 Å². The molecule has 9 heteroatoms. The number of hydrogen-bond acceptors (Lipinski definition) is 8. The summed E-state index contributed by atoms with van der Waals surface area (Å²) in [5.41, 5.74) is -0.0199. The van der Waals surface area contributed by atoms with Gasteiger partial charge in [-0.15, -0.1) is 0 Å². The summed E-state index contributed by atoms with van der Waals surface area (Å²) in [4.78, 5) is 64.8. The van der Waals surface area contributed by atoms with Crippen LogP contribution in [0.3, 0.4) is 0 Å².